The molecule has 0 bridgehead atoms. The van der Waals surface area contributed by atoms with E-state index >= 15 is 0 Å². The molecule has 3 rings (SSSR count). The summed E-state index contributed by atoms with van der Waals surface area (Å²) in [6, 6.07) is 13.3. The standard InChI is InChI=1S/C23H26N6O5S/c30-20(21-29-28-19(35-21)11-5-7-13-25-18-10-4-6-12-24-18)26-14-17(22(31)32)27-23(33)34-15-16-8-2-1-3-9-16/h1-4,6,8-10,12,17H,5,7,11,13-15H2,(H,24,25)(H,26,30)(H,27,33)(H,31,32). The van der Waals surface area contributed by atoms with Crippen molar-refractivity contribution >= 4 is 35.1 Å². The number of rotatable bonds is 13. The summed E-state index contributed by atoms with van der Waals surface area (Å²) in [5, 5.41) is 26.0. The van der Waals surface area contributed by atoms with Gasteiger partial charge in [-0.25, -0.2) is 14.6 Å². The van der Waals surface area contributed by atoms with Gasteiger partial charge < -0.3 is 25.8 Å². The smallest absolute Gasteiger partial charge is 0.408 e. The van der Waals surface area contributed by atoms with Crippen LogP contribution in [0.15, 0.2) is 54.7 Å². The number of aliphatic carboxylic acids is 1. The monoisotopic (exact) mass is 498 g/mol. The fraction of sp³-hybridized carbons (Fsp3) is 0.304. The summed E-state index contributed by atoms with van der Waals surface area (Å²) in [5.41, 5.74) is 0.763. The largest absolute Gasteiger partial charge is 0.480 e. The quantitative estimate of drug-likeness (QED) is 0.260. The number of carbonyl (C=O) groups is 3. The molecule has 3 aromatic rings. The average molecular weight is 499 g/mol. The van der Waals surface area contributed by atoms with Crippen LogP contribution in [0.25, 0.3) is 0 Å². The number of hydrogen-bond donors (Lipinski definition) is 4. The highest BCUT2D eigenvalue weighted by atomic mass is 32.1. The zero-order chi connectivity index (χ0) is 24.9. The molecule has 1 atom stereocenters. The van der Waals surface area contributed by atoms with Crippen molar-refractivity contribution in [3.63, 3.8) is 0 Å². The van der Waals surface area contributed by atoms with Crippen LogP contribution >= 0.6 is 11.3 Å². The molecule has 0 fully saturated rings. The minimum Gasteiger partial charge on any atom is -0.480 e. The molecule has 11 nitrogen and oxygen atoms in total. The Labute approximate surface area is 206 Å². The molecule has 1 unspecified atom stereocenters. The number of pyridine rings is 1. The fourth-order valence-electron chi connectivity index (χ4n) is 2.91. The third-order valence-electron chi connectivity index (χ3n) is 4.72. The van der Waals surface area contributed by atoms with E-state index in [0.29, 0.717) is 11.4 Å². The van der Waals surface area contributed by atoms with E-state index in [1.54, 1.807) is 30.5 Å². The number of hydrogen-bond acceptors (Lipinski definition) is 9. The fourth-order valence-corrected chi connectivity index (χ4v) is 3.71. The molecule has 2 amide bonds. The average Bonchev–Trinajstić information content (AvgIpc) is 3.35. The topological polar surface area (TPSA) is 155 Å². The first-order valence-corrected chi connectivity index (χ1v) is 11.8. The summed E-state index contributed by atoms with van der Waals surface area (Å²) >= 11 is 1.15. The highest BCUT2D eigenvalue weighted by Crippen LogP contribution is 2.13. The second-order valence-corrected chi connectivity index (χ2v) is 8.47. The third-order valence-corrected chi connectivity index (χ3v) is 5.70. The van der Waals surface area contributed by atoms with Crippen LogP contribution in [0, 0.1) is 0 Å². The zero-order valence-electron chi connectivity index (χ0n) is 18.8. The van der Waals surface area contributed by atoms with Gasteiger partial charge in [0.15, 0.2) is 0 Å². The first kappa shape index (κ1) is 25.6. The molecule has 184 valence electrons. The molecule has 4 N–H and O–H groups in total. The predicted molar refractivity (Wildman–Crippen MR) is 129 cm³/mol. The van der Waals surface area contributed by atoms with Crippen LogP contribution < -0.4 is 16.0 Å². The number of ether oxygens (including phenoxy) is 1. The maximum atomic E-state index is 12.4. The first-order valence-electron chi connectivity index (χ1n) is 11.0. The molecule has 0 radical (unpaired) electrons. The SMILES string of the molecule is O=C(NC(CNC(=O)c1nnc(CCCCNc2ccccn2)s1)C(=O)O)OCc1ccccc1. The Morgan fingerprint density at radius 2 is 1.83 bits per heavy atom. The van der Waals surface area contributed by atoms with Crippen LogP contribution in [0.2, 0.25) is 0 Å². The number of unbranched alkanes of at least 4 members (excludes halogenated alkanes) is 1. The Bertz CT molecular complexity index is 1100. The van der Waals surface area contributed by atoms with Gasteiger partial charge in [0, 0.05) is 25.7 Å². The molecule has 12 heteroatoms. The molecule has 0 saturated heterocycles. The van der Waals surface area contributed by atoms with E-state index in [-0.39, 0.29) is 18.2 Å². The van der Waals surface area contributed by atoms with E-state index < -0.39 is 24.0 Å². The lowest BCUT2D eigenvalue weighted by molar-refractivity contribution is -0.139. The zero-order valence-corrected chi connectivity index (χ0v) is 19.7. The van der Waals surface area contributed by atoms with Gasteiger partial charge in [0.1, 0.15) is 23.5 Å². The Kier molecular flexibility index (Phi) is 9.93. The molecule has 0 aliphatic carbocycles. The van der Waals surface area contributed by atoms with E-state index in [0.717, 1.165) is 42.1 Å². The normalized spacial score (nSPS) is 11.3. The van der Waals surface area contributed by atoms with Crippen molar-refractivity contribution in [3.05, 3.63) is 70.3 Å². The van der Waals surface area contributed by atoms with Gasteiger partial charge >= 0.3 is 12.1 Å². The summed E-state index contributed by atoms with van der Waals surface area (Å²) in [6.45, 7) is 0.432. The van der Waals surface area contributed by atoms with E-state index in [9.17, 15) is 19.5 Å². The van der Waals surface area contributed by atoms with Crippen molar-refractivity contribution in [2.75, 3.05) is 18.4 Å². The number of amides is 2. The Balaban J connectivity index is 1.37. The molecule has 0 aliphatic heterocycles. The number of nitrogens with zero attached hydrogens (tertiary/aromatic N) is 3. The highest BCUT2D eigenvalue weighted by Gasteiger charge is 2.23. The Hall–Kier alpha value is -4.06. The molecule has 0 spiro atoms. The number of aryl methyl sites for hydroxylation is 1. The number of anilines is 1. The summed E-state index contributed by atoms with van der Waals surface area (Å²) < 4.78 is 5.03. The molecule has 1 aromatic carbocycles. The van der Waals surface area contributed by atoms with E-state index in [2.05, 4.69) is 31.1 Å². The van der Waals surface area contributed by atoms with Crippen molar-refractivity contribution < 1.29 is 24.2 Å². The second-order valence-electron chi connectivity index (χ2n) is 7.41. The van der Waals surface area contributed by atoms with Gasteiger partial charge in [0.2, 0.25) is 5.01 Å². The molecular formula is C23H26N6O5S. The van der Waals surface area contributed by atoms with Crippen molar-refractivity contribution in [3.8, 4) is 0 Å². The molecular weight excluding hydrogens is 472 g/mol. The van der Waals surface area contributed by atoms with E-state index in [1.165, 1.54) is 0 Å². The maximum Gasteiger partial charge on any atom is 0.408 e. The van der Waals surface area contributed by atoms with Gasteiger partial charge in [0.05, 0.1) is 0 Å². The number of benzene rings is 1. The molecule has 2 aromatic heterocycles. The number of aromatic nitrogens is 3. The van der Waals surface area contributed by atoms with Gasteiger partial charge in [-0.2, -0.15) is 0 Å². The van der Waals surface area contributed by atoms with Gasteiger partial charge in [-0.1, -0.05) is 47.7 Å². The number of nitrogens with one attached hydrogen (secondary N) is 3. The lowest BCUT2D eigenvalue weighted by atomic mass is 10.2. The minimum absolute atomic E-state index is 0.00185. The summed E-state index contributed by atoms with van der Waals surface area (Å²) in [5.74, 6) is -1.04. The van der Waals surface area contributed by atoms with Gasteiger partial charge in [-0.05, 0) is 30.5 Å². The third kappa shape index (κ3) is 9.01. The van der Waals surface area contributed by atoms with Crippen LogP contribution in [0.4, 0.5) is 10.6 Å². The number of carboxylic acid groups (broad SMARTS) is 1. The van der Waals surface area contributed by atoms with Crippen LogP contribution in [0.5, 0.6) is 0 Å². The van der Waals surface area contributed by atoms with E-state index in [1.807, 2.05) is 24.3 Å². The summed E-state index contributed by atoms with van der Waals surface area (Å²) in [4.78, 5) is 40.0. The summed E-state index contributed by atoms with van der Waals surface area (Å²) in [7, 11) is 0. The van der Waals surface area contributed by atoms with Crippen LogP contribution in [-0.2, 0) is 22.6 Å². The van der Waals surface area contributed by atoms with Crippen molar-refractivity contribution in [2.24, 2.45) is 0 Å². The molecule has 0 saturated carbocycles. The van der Waals surface area contributed by atoms with Crippen molar-refractivity contribution in [1.29, 1.82) is 0 Å². The van der Waals surface area contributed by atoms with Crippen LogP contribution in [-0.4, -0.2) is 57.4 Å². The highest BCUT2D eigenvalue weighted by molar-refractivity contribution is 7.13. The van der Waals surface area contributed by atoms with Crippen molar-refractivity contribution in [1.82, 2.24) is 25.8 Å². The molecule has 35 heavy (non-hydrogen) atoms. The molecule has 0 aliphatic rings. The Morgan fingerprint density at radius 3 is 2.57 bits per heavy atom. The number of carboxylic acids is 1. The lowest BCUT2D eigenvalue weighted by Gasteiger charge is -2.15. The lowest BCUT2D eigenvalue weighted by Crippen LogP contribution is -2.48. The van der Waals surface area contributed by atoms with Gasteiger partial charge in [-0.15, -0.1) is 10.2 Å². The number of alkyl carbamates (subject to hydrolysis) is 1. The summed E-state index contributed by atoms with van der Waals surface area (Å²) in [6.07, 6.45) is 3.24. The maximum absolute atomic E-state index is 12.4. The van der Waals surface area contributed by atoms with Crippen molar-refractivity contribution in [2.45, 2.75) is 31.9 Å². The van der Waals surface area contributed by atoms with Crippen LogP contribution in [0.1, 0.15) is 33.2 Å². The Morgan fingerprint density at radius 1 is 1.03 bits per heavy atom. The van der Waals surface area contributed by atoms with E-state index in [4.69, 9.17) is 4.74 Å². The van der Waals surface area contributed by atoms with Crippen LogP contribution in [0.3, 0.4) is 0 Å². The van der Waals surface area contributed by atoms with Gasteiger partial charge in [-0.3, -0.25) is 4.79 Å². The second kappa shape index (κ2) is 13.6. The molecule has 2 heterocycles. The number of carbonyl (C=O) groups excluding carboxylic acids is 2. The predicted octanol–water partition coefficient (Wildman–Crippen LogP) is 2.48. The minimum atomic E-state index is -1.36. The van der Waals surface area contributed by atoms with Gasteiger partial charge in [0.25, 0.3) is 5.91 Å². The first-order chi connectivity index (χ1) is 17.0.